The average molecular weight is 449 g/mol. The number of amides is 1. The molecule has 0 radical (unpaired) electrons. The molecule has 2 saturated heterocycles. The smallest absolute Gasteiger partial charge is 0.233 e. The molecule has 2 aromatic rings. The summed E-state index contributed by atoms with van der Waals surface area (Å²) in [4.78, 5) is 26.4. The van der Waals surface area contributed by atoms with Gasteiger partial charge in [-0.05, 0) is 43.6 Å². The van der Waals surface area contributed by atoms with Crippen molar-refractivity contribution in [1.82, 2.24) is 20.2 Å². The Labute approximate surface area is 186 Å². The molecule has 2 aliphatic heterocycles. The lowest BCUT2D eigenvalue weighted by molar-refractivity contribution is -0.139. The van der Waals surface area contributed by atoms with Crippen LogP contribution >= 0.6 is 23.2 Å². The number of rotatable bonds is 4. The summed E-state index contributed by atoms with van der Waals surface area (Å²) in [5, 5.41) is 7.56. The highest BCUT2D eigenvalue weighted by Gasteiger charge is 2.44. The second kappa shape index (κ2) is 8.96. The highest BCUT2D eigenvalue weighted by molar-refractivity contribution is 6.35. The first-order chi connectivity index (χ1) is 14.5. The number of nitrogens with one attached hydrogen (secondary N) is 2. The maximum absolute atomic E-state index is 13.8. The first-order valence-electron chi connectivity index (χ1n) is 10.2. The molecule has 0 unspecified atom stereocenters. The lowest BCUT2D eigenvalue weighted by Gasteiger charge is -2.43. The predicted octanol–water partition coefficient (Wildman–Crippen LogP) is 2.80. The summed E-state index contributed by atoms with van der Waals surface area (Å²) >= 11 is 12.5. The van der Waals surface area contributed by atoms with Crippen LogP contribution in [0, 0.1) is 0 Å². The van der Waals surface area contributed by atoms with Crippen LogP contribution in [0.4, 0.5) is 11.6 Å². The molecule has 0 spiro atoms. The van der Waals surface area contributed by atoms with Crippen molar-refractivity contribution >= 4 is 40.7 Å². The van der Waals surface area contributed by atoms with Gasteiger partial charge < -0.3 is 20.4 Å². The molecule has 2 fully saturated rings. The van der Waals surface area contributed by atoms with Gasteiger partial charge in [-0.25, -0.2) is 9.97 Å². The maximum Gasteiger partial charge on any atom is 0.233 e. The van der Waals surface area contributed by atoms with Crippen molar-refractivity contribution in [2.24, 2.45) is 0 Å². The molecule has 0 atom stereocenters. The van der Waals surface area contributed by atoms with E-state index in [4.69, 9.17) is 23.2 Å². The second-order valence-electron chi connectivity index (χ2n) is 7.73. The summed E-state index contributed by atoms with van der Waals surface area (Å²) in [6.07, 6.45) is 3.09. The minimum atomic E-state index is -0.496. The number of aromatic nitrogens is 2. The van der Waals surface area contributed by atoms with Crippen molar-refractivity contribution in [1.29, 1.82) is 0 Å². The highest BCUT2D eigenvalue weighted by Crippen LogP contribution is 2.37. The number of piperidine rings is 1. The number of anilines is 2. The summed E-state index contributed by atoms with van der Waals surface area (Å²) in [6, 6.07) is 7.76. The molecule has 2 aliphatic rings. The Morgan fingerprint density at radius 2 is 1.73 bits per heavy atom. The zero-order chi connectivity index (χ0) is 21.1. The molecule has 1 amide bonds. The van der Waals surface area contributed by atoms with Gasteiger partial charge in [0, 0.05) is 38.2 Å². The van der Waals surface area contributed by atoms with E-state index in [0.717, 1.165) is 31.5 Å². The van der Waals surface area contributed by atoms with Crippen LogP contribution in [-0.2, 0) is 10.2 Å². The van der Waals surface area contributed by atoms with E-state index >= 15 is 0 Å². The third-order valence-corrected chi connectivity index (χ3v) is 6.74. The van der Waals surface area contributed by atoms with E-state index in [1.165, 1.54) is 6.33 Å². The van der Waals surface area contributed by atoms with Crippen LogP contribution in [-0.4, -0.2) is 67.1 Å². The van der Waals surface area contributed by atoms with Gasteiger partial charge in [0.2, 0.25) is 5.91 Å². The largest absolute Gasteiger partial charge is 0.372 e. The van der Waals surface area contributed by atoms with Gasteiger partial charge in [0.25, 0.3) is 0 Å². The molecule has 9 heteroatoms. The molecule has 30 heavy (non-hydrogen) atoms. The number of nitrogens with zero attached hydrogens (tertiary/aromatic N) is 4. The van der Waals surface area contributed by atoms with Gasteiger partial charge in [-0.2, -0.15) is 0 Å². The van der Waals surface area contributed by atoms with Crippen molar-refractivity contribution in [3.63, 3.8) is 0 Å². The molecule has 0 aliphatic carbocycles. The van der Waals surface area contributed by atoms with Crippen LogP contribution in [0.3, 0.4) is 0 Å². The number of carbonyl (C=O) groups excluding carboxylic acids is 1. The van der Waals surface area contributed by atoms with Crippen LogP contribution in [0.2, 0.25) is 10.0 Å². The molecule has 0 bridgehead atoms. The average Bonchev–Trinajstić information content (AvgIpc) is 2.80. The Morgan fingerprint density at radius 3 is 2.37 bits per heavy atom. The fourth-order valence-corrected chi connectivity index (χ4v) is 4.87. The van der Waals surface area contributed by atoms with Crippen molar-refractivity contribution in [2.45, 2.75) is 18.3 Å². The Bertz CT molecular complexity index is 893. The minimum absolute atomic E-state index is 0.204. The van der Waals surface area contributed by atoms with Gasteiger partial charge in [-0.1, -0.05) is 35.3 Å². The van der Waals surface area contributed by atoms with E-state index in [1.807, 2.05) is 29.2 Å². The summed E-state index contributed by atoms with van der Waals surface area (Å²) in [7, 11) is 1.78. The Morgan fingerprint density at radius 1 is 1.07 bits per heavy atom. The molecule has 7 nitrogen and oxygen atoms in total. The van der Waals surface area contributed by atoms with Crippen LogP contribution in [0.5, 0.6) is 0 Å². The van der Waals surface area contributed by atoms with E-state index in [9.17, 15) is 4.79 Å². The SMILES string of the molecule is CNc1ncnc(N2CCN(C(=O)C3(c4ccc(Cl)cc4)CCNCC3)CC2)c1Cl. The van der Waals surface area contributed by atoms with Crippen molar-refractivity contribution in [3.05, 3.63) is 46.2 Å². The van der Waals surface area contributed by atoms with Gasteiger partial charge in [-0.3, -0.25) is 4.79 Å². The molecule has 3 heterocycles. The normalized spacial score (nSPS) is 18.9. The third-order valence-electron chi connectivity index (χ3n) is 6.14. The van der Waals surface area contributed by atoms with Gasteiger partial charge in [0.05, 0.1) is 5.41 Å². The maximum atomic E-state index is 13.8. The fraction of sp³-hybridized carbons (Fsp3) is 0.476. The second-order valence-corrected chi connectivity index (χ2v) is 8.54. The molecular weight excluding hydrogens is 423 g/mol. The molecule has 2 N–H and O–H groups in total. The van der Waals surface area contributed by atoms with E-state index < -0.39 is 5.41 Å². The summed E-state index contributed by atoms with van der Waals surface area (Å²) in [6.45, 7) is 4.30. The van der Waals surface area contributed by atoms with Crippen molar-refractivity contribution in [3.8, 4) is 0 Å². The number of hydrogen-bond acceptors (Lipinski definition) is 6. The quantitative estimate of drug-likeness (QED) is 0.748. The first-order valence-corrected chi connectivity index (χ1v) is 11.0. The van der Waals surface area contributed by atoms with Gasteiger partial charge >= 0.3 is 0 Å². The molecule has 1 aromatic heterocycles. The molecular formula is C21H26Cl2N6O. The van der Waals surface area contributed by atoms with Gasteiger partial charge in [0.1, 0.15) is 17.2 Å². The van der Waals surface area contributed by atoms with E-state index in [1.54, 1.807) is 7.05 Å². The van der Waals surface area contributed by atoms with Crippen LogP contribution < -0.4 is 15.5 Å². The molecule has 160 valence electrons. The highest BCUT2D eigenvalue weighted by atomic mass is 35.5. The Balaban J connectivity index is 1.52. The van der Waals surface area contributed by atoms with Gasteiger partial charge in [0.15, 0.2) is 5.82 Å². The van der Waals surface area contributed by atoms with Crippen LogP contribution in [0.1, 0.15) is 18.4 Å². The van der Waals surface area contributed by atoms with Crippen LogP contribution in [0.25, 0.3) is 0 Å². The minimum Gasteiger partial charge on any atom is -0.372 e. The number of carbonyl (C=O) groups is 1. The predicted molar refractivity (Wildman–Crippen MR) is 121 cm³/mol. The summed E-state index contributed by atoms with van der Waals surface area (Å²) in [5.41, 5.74) is 0.558. The lowest BCUT2D eigenvalue weighted by Crippen LogP contribution is -2.57. The number of hydrogen-bond donors (Lipinski definition) is 2. The monoisotopic (exact) mass is 448 g/mol. The topological polar surface area (TPSA) is 73.4 Å². The van der Waals surface area contributed by atoms with Gasteiger partial charge in [-0.15, -0.1) is 0 Å². The van der Waals surface area contributed by atoms with Crippen molar-refractivity contribution < 1.29 is 4.79 Å². The van der Waals surface area contributed by atoms with Crippen LogP contribution in [0.15, 0.2) is 30.6 Å². The Hall–Kier alpha value is -2.09. The number of piperazine rings is 1. The van der Waals surface area contributed by atoms with E-state index in [2.05, 4.69) is 25.5 Å². The van der Waals surface area contributed by atoms with E-state index in [0.29, 0.717) is 47.9 Å². The van der Waals surface area contributed by atoms with E-state index in [-0.39, 0.29) is 5.91 Å². The Kier molecular flexibility index (Phi) is 6.32. The van der Waals surface area contributed by atoms with Crippen molar-refractivity contribution in [2.75, 3.05) is 56.5 Å². The first kappa shape index (κ1) is 21.2. The molecule has 0 saturated carbocycles. The summed E-state index contributed by atoms with van der Waals surface area (Å²) < 4.78 is 0. The molecule has 4 rings (SSSR count). The number of benzene rings is 1. The number of halogens is 2. The zero-order valence-electron chi connectivity index (χ0n) is 17.0. The fourth-order valence-electron chi connectivity index (χ4n) is 4.43. The summed E-state index contributed by atoms with van der Waals surface area (Å²) in [5.74, 6) is 1.52. The lowest BCUT2D eigenvalue weighted by atomic mass is 9.72. The molecule has 1 aromatic carbocycles. The third kappa shape index (κ3) is 3.94. The zero-order valence-corrected chi connectivity index (χ0v) is 18.5. The standard InChI is InChI=1S/C21H26Cl2N6O/c1-24-18-17(23)19(27-14-26-18)28-10-12-29(13-11-28)20(30)21(6-8-25-9-7-21)15-2-4-16(22)5-3-15/h2-5,14,25H,6-13H2,1H3,(H,24,26,27).